The molecule has 2 aromatic carbocycles. The van der Waals surface area contributed by atoms with Gasteiger partial charge in [0.15, 0.2) is 0 Å². The summed E-state index contributed by atoms with van der Waals surface area (Å²) in [6.45, 7) is 1.73. The van der Waals surface area contributed by atoms with E-state index in [1.54, 1.807) is 19.1 Å². The van der Waals surface area contributed by atoms with Crippen LogP contribution in [0.4, 0.5) is 4.39 Å². The summed E-state index contributed by atoms with van der Waals surface area (Å²) in [5, 5.41) is 18.1. The third-order valence-corrected chi connectivity index (χ3v) is 3.01. The van der Waals surface area contributed by atoms with E-state index in [9.17, 15) is 9.18 Å². The van der Waals surface area contributed by atoms with Gasteiger partial charge in [0.2, 0.25) is 0 Å². The minimum Gasteiger partial charge on any atom is -0.488 e. The summed E-state index contributed by atoms with van der Waals surface area (Å²) in [6.07, 6.45) is 0. The summed E-state index contributed by atoms with van der Waals surface area (Å²) in [6, 6.07) is 10.5. The number of para-hydroxylation sites is 1. The topological polar surface area (TPSA) is 70.3 Å². The largest absolute Gasteiger partial charge is 0.488 e. The van der Waals surface area contributed by atoms with E-state index >= 15 is 0 Å². The molecule has 0 aromatic heterocycles. The molecule has 2 aromatic rings. The Labute approximate surface area is 121 Å². The first-order valence-electron chi connectivity index (χ1n) is 6.17. The zero-order chi connectivity index (χ0) is 15.4. The Hall–Kier alpha value is -2.87. The summed E-state index contributed by atoms with van der Waals surface area (Å²) in [5.74, 6) is -1.34. The van der Waals surface area contributed by atoms with Crippen LogP contribution in [-0.2, 0) is 6.61 Å². The first kappa shape index (κ1) is 14.5. The number of halogens is 1. The number of hydrogen-bond donors (Lipinski definition) is 1. The van der Waals surface area contributed by atoms with Gasteiger partial charge in [-0.25, -0.2) is 9.18 Å². The molecule has 0 saturated heterocycles. The number of rotatable bonds is 4. The van der Waals surface area contributed by atoms with Crippen molar-refractivity contribution in [1.82, 2.24) is 0 Å². The molecule has 21 heavy (non-hydrogen) atoms. The van der Waals surface area contributed by atoms with Gasteiger partial charge < -0.3 is 9.84 Å². The van der Waals surface area contributed by atoms with Crippen LogP contribution in [0.5, 0.6) is 5.75 Å². The second kappa shape index (κ2) is 6.06. The summed E-state index contributed by atoms with van der Waals surface area (Å²) in [4.78, 5) is 11.2. The van der Waals surface area contributed by atoms with Crippen LogP contribution in [0.1, 0.15) is 27.0 Å². The lowest BCUT2D eigenvalue weighted by Crippen LogP contribution is -2.06. The number of carboxylic acids is 1. The predicted molar refractivity (Wildman–Crippen MR) is 73.6 cm³/mol. The highest BCUT2D eigenvalue weighted by atomic mass is 19.1. The Morgan fingerprint density at radius 2 is 2.14 bits per heavy atom. The molecule has 106 valence electrons. The van der Waals surface area contributed by atoms with E-state index in [2.05, 4.69) is 0 Å². The molecule has 0 aliphatic heterocycles. The van der Waals surface area contributed by atoms with Crippen molar-refractivity contribution in [1.29, 1.82) is 5.26 Å². The van der Waals surface area contributed by atoms with Gasteiger partial charge in [-0.1, -0.05) is 18.2 Å². The number of nitriles is 1. The Morgan fingerprint density at radius 1 is 1.38 bits per heavy atom. The first-order chi connectivity index (χ1) is 10.0. The van der Waals surface area contributed by atoms with E-state index in [1.165, 1.54) is 18.2 Å². The molecule has 0 atom stereocenters. The van der Waals surface area contributed by atoms with E-state index in [4.69, 9.17) is 15.1 Å². The van der Waals surface area contributed by atoms with Crippen LogP contribution >= 0.6 is 0 Å². The van der Waals surface area contributed by atoms with Crippen molar-refractivity contribution in [3.8, 4) is 11.8 Å². The van der Waals surface area contributed by atoms with Crippen LogP contribution in [-0.4, -0.2) is 11.1 Å². The lowest BCUT2D eigenvalue weighted by Gasteiger charge is -2.12. The fourth-order valence-electron chi connectivity index (χ4n) is 1.94. The maximum absolute atomic E-state index is 13.1. The van der Waals surface area contributed by atoms with Crippen molar-refractivity contribution in [3.05, 3.63) is 64.5 Å². The normalized spacial score (nSPS) is 9.95. The molecule has 0 aliphatic rings. The maximum atomic E-state index is 13.1. The highest BCUT2D eigenvalue weighted by molar-refractivity contribution is 5.91. The number of benzene rings is 2. The monoisotopic (exact) mass is 285 g/mol. The van der Waals surface area contributed by atoms with Crippen molar-refractivity contribution < 1.29 is 19.0 Å². The van der Waals surface area contributed by atoms with Crippen LogP contribution in [0.25, 0.3) is 0 Å². The summed E-state index contributed by atoms with van der Waals surface area (Å²) in [5.41, 5.74) is 1.39. The molecular weight excluding hydrogens is 273 g/mol. The molecule has 0 spiro atoms. The molecule has 0 aliphatic carbocycles. The van der Waals surface area contributed by atoms with E-state index in [1.807, 2.05) is 6.07 Å². The third-order valence-electron chi connectivity index (χ3n) is 3.01. The maximum Gasteiger partial charge on any atom is 0.339 e. The van der Waals surface area contributed by atoms with Gasteiger partial charge in [0.05, 0.1) is 11.6 Å². The molecule has 0 bridgehead atoms. The van der Waals surface area contributed by atoms with E-state index in [0.717, 1.165) is 6.07 Å². The molecule has 0 saturated carbocycles. The van der Waals surface area contributed by atoms with Crippen LogP contribution in [0.2, 0.25) is 0 Å². The summed E-state index contributed by atoms with van der Waals surface area (Å²) < 4.78 is 18.6. The molecule has 0 radical (unpaired) electrons. The number of hydrogen-bond acceptors (Lipinski definition) is 3. The van der Waals surface area contributed by atoms with Gasteiger partial charge in [0, 0.05) is 5.56 Å². The molecule has 0 amide bonds. The third kappa shape index (κ3) is 3.18. The van der Waals surface area contributed by atoms with Gasteiger partial charge in [-0.05, 0) is 30.7 Å². The first-order valence-corrected chi connectivity index (χ1v) is 6.17. The number of carboxylic acid groups (broad SMARTS) is 1. The second-order valence-corrected chi connectivity index (χ2v) is 4.46. The molecule has 5 heteroatoms. The lowest BCUT2D eigenvalue weighted by atomic mass is 10.1. The van der Waals surface area contributed by atoms with Crippen molar-refractivity contribution in [3.63, 3.8) is 0 Å². The average molecular weight is 285 g/mol. The second-order valence-electron chi connectivity index (χ2n) is 4.46. The Morgan fingerprint density at radius 3 is 2.81 bits per heavy atom. The van der Waals surface area contributed by atoms with Gasteiger partial charge in [-0.15, -0.1) is 0 Å². The summed E-state index contributed by atoms with van der Waals surface area (Å²) >= 11 is 0. The molecule has 1 N–H and O–H groups in total. The Kier molecular flexibility index (Phi) is 4.19. The Balaban J connectivity index is 2.29. The van der Waals surface area contributed by atoms with E-state index < -0.39 is 11.8 Å². The average Bonchev–Trinajstić information content (AvgIpc) is 2.46. The minimum atomic E-state index is -1.09. The zero-order valence-corrected chi connectivity index (χ0v) is 11.3. The molecule has 0 fully saturated rings. The molecule has 4 nitrogen and oxygen atoms in total. The molecular formula is C16H12FNO3. The fourth-order valence-corrected chi connectivity index (χ4v) is 1.94. The van der Waals surface area contributed by atoms with Crippen LogP contribution in [0.3, 0.4) is 0 Å². The number of carbonyl (C=O) groups is 1. The van der Waals surface area contributed by atoms with E-state index in [-0.39, 0.29) is 23.5 Å². The van der Waals surface area contributed by atoms with Crippen LogP contribution in [0.15, 0.2) is 36.4 Å². The lowest BCUT2D eigenvalue weighted by molar-refractivity contribution is 0.0691. The standard InChI is InChI=1S/C16H12FNO3/c1-10-3-2-4-14(16(19)20)15(10)21-9-11-5-6-13(17)7-12(11)8-18/h2-7H,9H2,1H3,(H,19,20). The van der Waals surface area contributed by atoms with E-state index in [0.29, 0.717) is 11.1 Å². The smallest absolute Gasteiger partial charge is 0.339 e. The van der Waals surface area contributed by atoms with Crippen molar-refractivity contribution in [2.75, 3.05) is 0 Å². The minimum absolute atomic E-state index is 0.00565. The van der Waals surface area contributed by atoms with Gasteiger partial charge in [-0.2, -0.15) is 5.26 Å². The quantitative estimate of drug-likeness (QED) is 0.935. The predicted octanol–water partition coefficient (Wildman–Crippen LogP) is 3.28. The van der Waals surface area contributed by atoms with Crippen molar-refractivity contribution in [2.24, 2.45) is 0 Å². The molecule has 0 unspecified atom stereocenters. The number of nitrogens with zero attached hydrogens (tertiary/aromatic N) is 1. The fraction of sp³-hybridized carbons (Fsp3) is 0.125. The van der Waals surface area contributed by atoms with Crippen LogP contribution < -0.4 is 4.74 Å². The SMILES string of the molecule is Cc1cccc(C(=O)O)c1OCc1ccc(F)cc1C#N. The zero-order valence-electron chi connectivity index (χ0n) is 11.3. The number of aryl methyl sites for hydroxylation is 1. The Bertz CT molecular complexity index is 735. The van der Waals surface area contributed by atoms with Gasteiger partial charge in [0.25, 0.3) is 0 Å². The van der Waals surface area contributed by atoms with Crippen LogP contribution in [0, 0.1) is 24.1 Å². The highest BCUT2D eigenvalue weighted by Crippen LogP contribution is 2.25. The number of ether oxygens (including phenoxy) is 1. The van der Waals surface area contributed by atoms with Crippen molar-refractivity contribution in [2.45, 2.75) is 13.5 Å². The van der Waals surface area contributed by atoms with Gasteiger partial charge >= 0.3 is 5.97 Å². The molecule has 0 heterocycles. The molecule has 2 rings (SSSR count). The number of aromatic carboxylic acids is 1. The highest BCUT2D eigenvalue weighted by Gasteiger charge is 2.14. The van der Waals surface area contributed by atoms with Gasteiger partial charge in [0.1, 0.15) is 23.7 Å². The van der Waals surface area contributed by atoms with Crippen molar-refractivity contribution >= 4 is 5.97 Å². The van der Waals surface area contributed by atoms with Gasteiger partial charge in [-0.3, -0.25) is 0 Å². The summed E-state index contributed by atoms with van der Waals surface area (Å²) in [7, 11) is 0.